The summed E-state index contributed by atoms with van der Waals surface area (Å²) in [6.45, 7) is 0.424. The number of hydrogen-bond donors (Lipinski definition) is 2. The fourth-order valence-electron chi connectivity index (χ4n) is 4.27. The Hall–Kier alpha value is -4.87. The minimum absolute atomic E-state index is 0.0654. The highest BCUT2D eigenvalue weighted by Gasteiger charge is 2.21. The molecule has 0 spiro atoms. The summed E-state index contributed by atoms with van der Waals surface area (Å²) in [5.74, 6) is -0.642. The number of anilines is 1. The zero-order chi connectivity index (χ0) is 27.4. The summed E-state index contributed by atoms with van der Waals surface area (Å²) in [6.07, 6.45) is 2.78. The van der Waals surface area contributed by atoms with Gasteiger partial charge in [0.05, 0.1) is 20.4 Å². The lowest BCUT2D eigenvalue weighted by Gasteiger charge is -2.12. The Balaban J connectivity index is 1.72. The Bertz CT molecular complexity index is 1630. The van der Waals surface area contributed by atoms with Crippen molar-refractivity contribution < 1.29 is 19.4 Å². The first-order valence-electron chi connectivity index (χ1n) is 11.8. The molecule has 0 atom stereocenters. The molecule has 12 heteroatoms. The van der Waals surface area contributed by atoms with Crippen LogP contribution >= 0.6 is 0 Å². The fraction of sp³-hybridized carbons (Fsp3) is 0.269. The number of imidazole rings is 1. The summed E-state index contributed by atoms with van der Waals surface area (Å²) in [7, 11) is 5.73. The summed E-state index contributed by atoms with van der Waals surface area (Å²) < 4.78 is 14.5. The van der Waals surface area contributed by atoms with Gasteiger partial charge in [-0.3, -0.25) is 13.9 Å². The molecule has 0 aliphatic rings. The number of ether oxygens (including phenoxy) is 2. The molecule has 0 saturated carbocycles. The van der Waals surface area contributed by atoms with E-state index in [2.05, 4.69) is 15.5 Å². The number of rotatable bonds is 10. The molecule has 0 amide bonds. The Morgan fingerprint density at radius 3 is 2.47 bits per heavy atom. The number of carboxylic acid groups (broad SMARTS) is 1. The minimum atomic E-state index is -1.21. The number of aromatic carboxylic acids is 1. The number of hydrazone groups is 1. The van der Waals surface area contributed by atoms with Gasteiger partial charge in [0.1, 0.15) is 5.56 Å². The van der Waals surface area contributed by atoms with Crippen LogP contribution in [0, 0.1) is 0 Å². The van der Waals surface area contributed by atoms with Gasteiger partial charge in [0.2, 0.25) is 5.95 Å². The molecular weight excluding hydrogens is 492 g/mol. The minimum Gasteiger partial charge on any atom is -0.493 e. The van der Waals surface area contributed by atoms with E-state index in [0.29, 0.717) is 13.0 Å². The molecule has 2 aromatic carbocycles. The van der Waals surface area contributed by atoms with Gasteiger partial charge >= 0.3 is 11.7 Å². The molecule has 0 unspecified atom stereocenters. The van der Waals surface area contributed by atoms with Crippen LogP contribution in [-0.4, -0.2) is 50.2 Å². The van der Waals surface area contributed by atoms with Gasteiger partial charge in [0, 0.05) is 26.2 Å². The smallest absolute Gasteiger partial charge is 0.340 e. The lowest BCUT2D eigenvalue weighted by molar-refractivity contribution is 0.0692. The predicted molar refractivity (Wildman–Crippen MR) is 143 cm³/mol. The molecule has 0 bridgehead atoms. The Morgan fingerprint density at radius 2 is 1.82 bits per heavy atom. The summed E-state index contributed by atoms with van der Waals surface area (Å²) >= 11 is 0. The molecule has 4 aromatic rings. The lowest BCUT2D eigenvalue weighted by atomic mass is 10.1. The molecule has 2 N–H and O–H groups in total. The Kier molecular flexibility index (Phi) is 7.61. The van der Waals surface area contributed by atoms with Crippen LogP contribution in [0.1, 0.15) is 27.9 Å². The van der Waals surface area contributed by atoms with Gasteiger partial charge in [0.25, 0.3) is 5.56 Å². The van der Waals surface area contributed by atoms with E-state index in [-0.39, 0.29) is 39.7 Å². The number of fused-ring (bicyclic) bond motifs is 1. The monoisotopic (exact) mass is 520 g/mol. The highest BCUT2D eigenvalue weighted by atomic mass is 16.5. The van der Waals surface area contributed by atoms with Gasteiger partial charge in [0.15, 0.2) is 22.7 Å². The van der Waals surface area contributed by atoms with Crippen LogP contribution in [0.3, 0.4) is 0 Å². The van der Waals surface area contributed by atoms with Crippen LogP contribution in [-0.2, 0) is 27.1 Å². The van der Waals surface area contributed by atoms with Crippen molar-refractivity contribution in [2.75, 3.05) is 19.6 Å². The van der Waals surface area contributed by atoms with E-state index in [9.17, 15) is 19.5 Å². The number of hydrogen-bond acceptors (Lipinski definition) is 8. The highest BCUT2D eigenvalue weighted by Crippen LogP contribution is 2.33. The van der Waals surface area contributed by atoms with Crippen molar-refractivity contribution in [2.24, 2.45) is 19.2 Å². The van der Waals surface area contributed by atoms with Crippen molar-refractivity contribution >= 4 is 29.3 Å². The van der Waals surface area contributed by atoms with Gasteiger partial charge < -0.3 is 19.1 Å². The zero-order valence-corrected chi connectivity index (χ0v) is 21.5. The lowest BCUT2D eigenvalue weighted by Crippen LogP contribution is -2.37. The second kappa shape index (κ2) is 11.0. The second-order valence-corrected chi connectivity index (χ2v) is 8.49. The summed E-state index contributed by atoms with van der Waals surface area (Å²) in [4.78, 5) is 42.0. The number of aryl methyl sites for hydroxylation is 3. The van der Waals surface area contributed by atoms with Gasteiger partial charge in [-0.1, -0.05) is 30.3 Å². The third kappa shape index (κ3) is 4.88. The molecule has 12 nitrogen and oxygen atoms in total. The average Bonchev–Trinajstić information content (AvgIpc) is 3.29. The maximum absolute atomic E-state index is 13.0. The van der Waals surface area contributed by atoms with Crippen molar-refractivity contribution in [3.8, 4) is 11.5 Å². The van der Waals surface area contributed by atoms with Crippen LogP contribution in [0.15, 0.2) is 57.2 Å². The first kappa shape index (κ1) is 26.2. The standard InChI is InChI=1S/C26H28N6O6/c1-30-22-20(23(33)31(2)26(30)36)32(14-8-11-16-9-6-5-7-10-16)25(28-22)29-27-15-17-12-13-18(37-3)21(38-4)19(17)24(34)35/h5-7,9-10,12-13,15H,8,11,14H2,1-4H3,(H,28,29)(H,34,35)/b27-15+. The van der Waals surface area contributed by atoms with E-state index in [1.54, 1.807) is 17.7 Å². The molecule has 0 saturated heterocycles. The summed E-state index contributed by atoms with van der Waals surface area (Å²) in [5.41, 5.74) is 3.62. The van der Waals surface area contributed by atoms with Crippen molar-refractivity contribution in [3.63, 3.8) is 0 Å². The van der Waals surface area contributed by atoms with E-state index < -0.39 is 17.2 Å². The molecule has 2 aromatic heterocycles. The molecule has 2 heterocycles. The third-order valence-corrected chi connectivity index (χ3v) is 6.20. The van der Waals surface area contributed by atoms with Gasteiger partial charge in [-0.05, 0) is 30.5 Å². The van der Waals surface area contributed by atoms with Gasteiger partial charge in [-0.15, -0.1) is 0 Å². The number of methoxy groups -OCH3 is 2. The normalized spacial score (nSPS) is 11.3. The molecule has 0 radical (unpaired) electrons. The highest BCUT2D eigenvalue weighted by molar-refractivity contribution is 6.02. The quantitative estimate of drug-likeness (QED) is 0.239. The number of carbonyl (C=O) groups is 1. The van der Waals surface area contributed by atoms with E-state index in [1.165, 1.54) is 38.1 Å². The predicted octanol–water partition coefficient (Wildman–Crippen LogP) is 2.23. The SMILES string of the molecule is COc1ccc(/C=N/Nc2nc3c(c(=O)n(C)c(=O)n3C)n2CCCc2ccccc2)c(C(=O)O)c1OC. The van der Waals surface area contributed by atoms with Crippen molar-refractivity contribution in [1.29, 1.82) is 0 Å². The number of carboxylic acids is 1. The van der Waals surface area contributed by atoms with Crippen molar-refractivity contribution in [3.05, 3.63) is 80.0 Å². The second-order valence-electron chi connectivity index (χ2n) is 8.49. The summed E-state index contributed by atoms with van der Waals surface area (Å²) in [5, 5.41) is 14.0. The molecule has 0 aliphatic carbocycles. The maximum atomic E-state index is 13.0. The number of benzene rings is 2. The average molecular weight is 521 g/mol. The molecule has 4 rings (SSSR count). The number of nitrogens with zero attached hydrogens (tertiary/aromatic N) is 5. The van der Waals surface area contributed by atoms with Crippen molar-refractivity contribution in [1.82, 2.24) is 18.7 Å². The van der Waals surface area contributed by atoms with Crippen molar-refractivity contribution in [2.45, 2.75) is 19.4 Å². The third-order valence-electron chi connectivity index (χ3n) is 6.20. The molecule has 198 valence electrons. The Labute approximate surface area is 217 Å². The van der Waals surface area contributed by atoms with Crippen LogP contribution in [0.25, 0.3) is 11.2 Å². The van der Waals surface area contributed by atoms with Crippen LogP contribution in [0.2, 0.25) is 0 Å². The van der Waals surface area contributed by atoms with E-state index in [1.807, 2.05) is 30.3 Å². The molecule has 0 aliphatic heterocycles. The first-order valence-corrected chi connectivity index (χ1v) is 11.8. The molecule has 0 fully saturated rings. The van der Waals surface area contributed by atoms with Gasteiger partial charge in [-0.2, -0.15) is 10.1 Å². The molecular formula is C26H28N6O6. The number of nitrogens with one attached hydrogen (secondary N) is 1. The van der Waals surface area contributed by atoms with E-state index in [0.717, 1.165) is 16.6 Å². The molecule has 38 heavy (non-hydrogen) atoms. The summed E-state index contributed by atoms with van der Waals surface area (Å²) in [6, 6.07) is 13.1. The zero-order valence-electron chi connectivity index (χ0n) is 21.5. The maximum Gasteiger partial charge on any atom is 0.340 e. The van der Waals surface area contributed by atoms with Gasteiger partial charge in [-0.25, -0.2) is 15.0 Å². The topological polar surface area (TPSA) is 142 Å². The van der Waals surface area contributed by atoms with E-state index >= 15 is 0 Å². The first-order chi connectivity index (χ1) is 18.3. The number of aromatic nitrogens is 4. The van der Waals surface area contributed by atoms with E-state index in [4.69, 9.17) is 9.47 Å². The Morgan fingerprint density at radius 1 is 1.08 bits per heavy atom. The fourth-order valence-corrected chi connectivity index (χ4v) is 4.27. The van der Waals surface area contributed by atoms with Crippen LogP contribution in [0.4, 0.5) is 5.95 Å². The van der Waals surface area contributed by atoms with Crippen LogP contribution < -0.4 is 26.1 Å². The largest absolute Gasteiger partial charge is 0.493 e. The van der Waals surface area contributed by atoms with Crippen LogP contribution in [0.5, 0.6) is 11.5 Å².